The maximum Gasteiger partial charge on any atom is 0.329 e. The molecule has 0 unspecified atom stereocenters. The van der Waals surface area contributed by atoms with Crippen molar-refractivity contribution in [2.45, 2.75) is 77.1 Å². The first-order valence-electron chi connectivity index (χ1n) is 11.3. The van der Waals surface area contributed by atoms with E-state index in [2.05, 4.69) is 16.0 Å². The third kappa shape index (κ3) is 7.90. The predicted molar refractivity (Wildman–Crippen MR) is 120 cm³/mol. The molecule has 5 atom stereocenters. The minimum atomic E-state index is -0.935. The Balaban J connectivity index is 2.34. The van der Waals surface area contributed by atoms with E-state index in [1.807, 2.05) is 43.3 Å². The van der Waals surface area contributed by atoms with Gasteiger partial charge in [-0.3, -0.25) is 14.4 Å². The number of nitrogens with zero attached hydrogens (tertiary/aromatic N) is 1. The van der Waals surface area contributed by atoms with Gasteiger partial charge in [-0.15, -0.1) is 0 Å². The van der Waals surface area contributed by atoms with Crippen molar-refractivity contribution in [3.63, 3.8) is 0 Å². The fourth-order valence-electron chi connectivity index (χ4n) is 3.51. The summed E-state index contributed by atoms with van der Waals surface area (Å²) in [6.45, 7) is 5.20. The second kappa shape index (κ2) is 12.6. The molecule has 1 saturated heterocycles. The molecule has 1 aromatic carbocycles. The van der Waals surface area contributed by atoms with Crippen LogP contribution in [0, 0.1) is 17.2 Å². The molecule has 1 aromatic rings. The van der Waals surface area contributed by atoms with Gasteiger partial charge in [0.1, 0.15) is 24.2 Å². The van der Waals surface area contributed by atoms with Crippen LogP contribution in [-0.4, -0.2) is 47.9 Å². The molecule has 178 valence electrons. The fourth-order valence-corrected chi connectivity index (χ4v) is 3.51. The zero-order valence-corrected chi connectivity index (χ0v) is 19.3. The van der Waals surface area contributed by atoms with Gasteiger partial charge in [0.05, 0.1) is 12.5 Å². The van der Waals surface area contributed by atoms with Crippen LogP contribution >= 0.6 is 0 Å². The Morgan fingerprint density at radius 2 is 1.79 bits per heavy atom. The molecule has 1 heterocycles. The van der Waals surface area contributed by atoms with Gasteiger partial charge in [0.2, 0.25) is 17.7 Å². The lowest BCUT2D eigenvalue weighted by molar-refractivity contribution is -0.156. The minimum absolute atomic E-state index is 0.0938. The van der Waals surface area contributed by atoms with Crippen molar-refractivity contribution < 1.29 is 23.9 Å². The zero-order valence-electron chi connectivity index (χ0n) is 19.3. The van der Waals surface area contributed by atoms with Gasteiger partial charge >= 0.3 is 5.97 Å². The highest BCUT2D eigenvalue weighted by Crippen LogP contribution is 2.15. The average molecular weight is 457 g/mol. The standard InChI is InChI=1S/C24H32N4O5/c1-4-15(2)21-24(32)33-18(11-8-12-25)14-20(29)27-19(13-17-9-6-5-7-10-17)23(31)26-16(3)22(30)28-21/h5-7,9-10,15-16,18-19,21H,4,8,11,13-14H2,1-3H3,(H,26,31)(H,27,29)(H,28,30)/t15-,16+,18-,19+,21+/m1/s1. The first-order valence-corrected chi connectivity index (χ1v) is 11.3. The van der Waals surface area contributed by atoms with E-state index < -0.39 is 47.9 Å². The van der Waals surface area contributed by atoms with Gasteiger partial charge in [-0.1, -0.05) is 50.6 Å². The number of cyclic esters (lactones) is 1. The van der Waals surface area contributed by atoms with Crippen LogP contribution in [0.25, 0.3) is 0 Å². The number of hydrogen-bond donors (Lipinski definition) is 3. The number of carbonyl (C=O) groups excluding carboxylic acids is 4. The van der Waals surface area contributed by atoms with E-state index in [-0.39, 0.29) is 31.6 Å². The Morgan fingerprint density at radius 1 is 1.09 bits per heavy atom. The molecule has 9 nitrogen and oxygen atoms in total. The van der Waals surface area contributed by atoms with Crippen molar-refractivity contribution in [1.82, 2.24) is 16.0 Å². The number of carbonyl (C=O) groups is 4. The quantitative estimate of drug-likeness (QED) is 0.553. The van der Waals surface area contributed by atoms with Crippen molar-refractivity contribution in [2.75, 3.05) is 0 Å². The molecule has 2 rings (SSSR count). The van der Waals surface area contributed by atoms with Crippen LogP contribution < -0.4 is 16.0 Å². The molecule has 0 spiro atoms. The first-order chi connectivity index (χ1) is 15.7. The van der Waals surface area contributed by atoms with Gasteiger partial charge in [0.25, 0.3) is 0 Å². The number of esters is 1. The summed E-state index contributed by atoms with van der Waals surface area (Å²) in [7, 11) is 0. The molecule has 1 aliphatic rings. The van der Waals surface area contributed by atoms with Crippen LogP contribution in [0.3, 0.4) is 0 Å². The van der Waals surface area contributed by atoms with Gasteiger partial charge in [-0.25, -0.2) is 4.79 Å². The summed E-state index contributed by atoms with van der Waals surface area (Å²) in [5.41, 5.74) is 0.837. The Kier molecular flexibility index (Phi) is 9.85. The molecule has 0 saturated carbocycles. The number of hydrogen-bond acceptors (Lipinski definition) is 6. The molecule has 3 N–H and O–H groups in total. The van der Waals surface area contributed by atoms with Gasteiger partial charge in [-0.2, -0.15) is 5.26 Å². The second-order valence-corrected chi connectivity index (χ2v) is 8.37. The molecular weight excluding hydrogens is 424 g/mol. The lowest BCUT2D eigenvalue weighted by Gasteiger charge is -2.26. The summed E-state index contributed by atoms with van der Waals surface area (Å²) >= 11 is 0. The highest BCUT2D eigenvalue weighted by Gasteiger charge is 2.33. The lowest BCUT2D eigenvalue weighted by atomic mass is 9.98. The smallest absolute Gasteiger partial charge is 0.329 e. The number of amides is 3. The summed E-state index contributed by atoms with van der Waals surface area (Å²) in [6.07, 6.45) is 0.0511. The van der Waals surface area contributed by atoms with E-state index in [1.54, 1.807) is 6.92 Å². The largest absolute Gasteiger partial charge is 0.460 e. The zero-order chi connectivity index (χ0) is 24.4. The molecule has 0 aliphatic carbocycles. The van der Waals surface area contributed by atoms with Crippen LogP contribution in [0.15, 0.2) is 30.3 Å². The van der Waals surface area contributed by atoms with Crippen LogP contribution in [0.5, 0.6) is 0 Å². The highest BCUT2D eigenvalue weighted by atomic mass is 16.5. The molecule has 1 fully saturated rings. The van der Waals surface area contributed by atoms with Crippen LogP contribution in [0.2, 0.25) is 0 Å². The molecule has 3 amide bonds. The SMILES string of the molecule is CC[C@@H](C)[C@@H]1NC(=O)[C@H](C)NC(=O)[C@H](Cc2ccccc2)NC(=O)C[C@@H](CCC#N)OC1=O. The lowest BCUT2D eigenvalue weighted by Crippen LogP contribution is -2.55. The van der Waals surface area contributed by atoms with E-state index in [4.69, 9.17) is 10.00 Å². The topological polar surface area (TPSA) is 137 Å². The monoisotopic (exact) mass is 456 g/mol. The summed E-state index contributed by atoms with van der Waals surface area (Å²) < 4.78 is 5.57. The van der Waals surface area contributed by atoms with Crippen molar-refractivity contribution in [2.24, 2.45) is 5.92 Å². The Morgan fingerprint density at radius 3 is 2.42 bits per heavy atom. The Bertz CT molecular complexity index is 883. The number of rotatable bonds is 6. The van der Waals surface area contributed by atoms with E-state index in [0.29, 0.717) is 6.42 Å². The van der Waals surface area contributed by atoms with Crippen molar-refractivity contribution >= 4 is 23.7 Å². The van der Waals surface area contributed by atoms with E-state index in [9.17, 15) is 19.2 Å². The Hall–Kier alpha value is -3.41. The first kappa shape index (κ1) is 25.8. The van der Waals surface area contributed by atoms with E-state index >= 15 is 0 Å². The normalized spacial score (nSPS) is 25.6. The molecule has 0 aromatic heterocycles. The minimum Gasteiger partial charge on any atom is -0.460 e. The maximum atomic E-state index is 13.0. The molecule has 0 bridgehead atoms. The number of ether oxygens (including phenoxy) is 1. The third-order valence-electron chi connectivity index (χ3n) is 5.73. The summed E-state index contributed by atoms with van der Waals surface area (Å²) in [6, 6.07) is 8.39. The predicted octanol–water partition coefficient (Wildman–Crippen LogP) is 1.37. The van der Waals surface area contributed by atoms with Crippen LogP contribution in [-0.2, 0) is 30.3 Å². The maximum absolute atomic E-state index is 13.0. The van der Waals surface area contributed by atoms with Gasteiger partial charge in [0.15, 0.2) is 0 Å². The van der Waals surface area contributed by atoms with Gasteiger partial charge in [-0.05, 0) is 24.8 Å². The molecular formula is C24H32N4O5. The van der Waals surface area contributed by atoms with E-state index in [0.717, 1.165) is 5.56 Å². The van der Waals surface area contributed by atoms with E-state index in [1.165, 1.54) is 6.92 Å². The molecule has 33 heavy (non-hydrogen) atoms. The molecule has 1 aliphatic heterocycles. The second-order valence-electron chi connectivity index (χ2n) is 8.37. The van der Waals surface area contributed by atoms with Crippen LogP contribution in [0.1, 0.15) is 52.0 Å². The van der Waals surface area contributed by atoms with Crippen molar-refractivity contribution in [3.8, 4) is 6.07 Å². The number of benzene rings is 1. The average Bonchev–Trinajstić information content (AvgIpc) is 2.80. The van der Waals surface area contributed by atoms with Gasteiger partial charge < -0.3 is 20.7 Å². The van der Waals surface area contributed by atoms with Crippen molar-refractivity contribution in [1.29, 1.82) is 5.26 Å². The molecule has 0 radical (unpaired) electrons. The fraction of sp³-hybridized carbons (Fsp3) is 0.542. The van der Waals surface area contributed by atoms with Crippen molar-refractivity contribution in [3.05, 3.63) is 35.9 Å². The number of nitriles is 1. The van der Waals surface area contributed by atoms with Gasteiger partial charge in [0, 0.05) is 12.8 Å². The third-order valence-corrected chi connectivity index (χ3v) is 5.73. The van der Waals surface area contributed by atoms with Crippen LogP contribution in [0.4, 0.5) is 0 Å². The molecule has 9 heteroatoms. The summed E-state index contributed by atoms with van der Waals surface area (Å²) in [4.78, 5) is 51.4. The Labute approximate surface area is 194 Å². The summed E-state index contributed by atoms with van der Waals surface area (Å²) in [5, 5.41) is 17.0. The highest BCUT2D eigenvalue weighted by molar-refractivity contribution is 5.94. The summed E-state index contributed by atoms with van der Waals surface area (Å²) in [5.74, 6) is -2.40. The number of nitrogens with one attached hydrogen (secondary N) is 3.